The number of fused-ring (bicyclic) bond motifs is 1. The van der Waals surface area contributed by atoms with Crippen LogP contribution < -0.4 is 0 Å². The van der Waals surface area contributed by atoms with Crippen LogP contribution in [0.2, 0.25) is 0 Å². The maximum absolute atomic E-state index is 12.4. The molecule has 1 atom stereocenters. The van der Waals surface area contributed by atoms with Gasteiger partial charge in [-0.1, -0.05) is 0 Å². The van der Waals surface area contributed by atoms with E-state index >= 15 is 0 Å². The lowest BCUT2D eigenvalue weighted by molar-refractivity contribution is -0.131. The molecule has 0 bridgehead atoms. The summed E-state index contributed by atoms with van der Waals surface area (Å²) in [6, 6.07) is 2.42. The molecule has 24 heavy (non-hydrogen) atoms. The van der Waals surface area contributed by atoms with Crippen LogP contribution in [0.1, 0.15) is 12.5 Å². The Kier molecular flexibility index (Phi) is 4.10. The summed E-state index contributed by atoms with van der Waals surface area (Å²) in [7, 11) is 0. The van der Waals surface area contributed by atoms with Crippen molar-refractivity contribution in [3.05, 3.63) is 34.8 Å². The third kappa shape index (κ3) is 2.84. The van der Waals surface area contributed by atoms with E-state index in [9.17, 15) is 4.79 Å². The minimum Gasteiger partial charge on any atom is -0.350 e. The van der Waals surface area contributed by atoms with E-state index in [-0.39, 0.29) is 5.91 Å². The zero-order valence-corrected chi connectivity index (χ0v) is 14.6. The predicted octanol–water partition coefficient (Wildman–Crippen LogP) is 1.42. The molecule has 0 N–H and O–H groups in total. The van der Waals surface area contributed by atoms with Gasteiger partial charge in [-0.25, -0.2) is 4.99 Å². The van der Waals surface area contributed by atoms with Gasteiger partial charge in [0.1, 0.15) is 0 Å². The first kappa shape index (κ1) is 15.4. The zero-order valence-electron chi connectivity index (χ0n) is 13.8. The van der Waals surface area contributed by atoms with Crippen LogP contribution in [-0.4, -0.2) is 71.0 Å². The van der Waals surface area contributed by atoms with E-state index in [1.807, 2.05) is 34.1 Å². The van der Waals surface area contributed by atoms with Crippen molar-refractivity contribution in [1.29, 1.82) is 0 Å². The Bertz CT molecular complexity index is 701. The van der Waals surface area contributed by atoms with Crippen LogP contribution in [0.4, 0.5) is 0 Å². The van der Waals surface area contributed by atoms with Crippen LogP contribution in [0.15, 0.2) is 39.2 Å². The predicted molar refractivity (Wildman–Crippen MR) is 96.4 cm³/mol. The summed E-state index contributed by atoms with van der Waals surface area (Å²) in [5.74, 6) is 2.14. The maximum atomic E-state index is 12.4. The Hall–Kier alpha value is -2.15. The van der Waals surface area contributed by atoms with E-state index in [2.05, 4.69) is 26.7 Å². The average Bonchev–Trinajstić information content (AvgIpc) is 3.25. The first-order valence-corrected chi connectivity index (χ1v) is 9.28. The Morgan fingerprint density at radius 1 is 1.29 bits per heavy atom. The average molecular weight is 343 g/mol. The van der Waals surface area contributed by atoms with E-state index in [1.165, 1.54) is 0 Å². The van der Waals surface area contributed by atoms with Gasteiger partial charge in [0.25, 0.3) is 0 Å². The molecule has 7 heteroatoms. The molecule has 0 spiro atoms. The number of thiophene rings is 1. The summed E-state index contributed by atoms with van der Waals surface area (Å²) in [5, 5.41) is 4.07. The quantitative estimate of drug-likeness (QED) is 0.816. The van der Waals surface area contributed by atoms with Crippen LogP contribution in [0.25, 0.3) is 0 Å². The minimum absolute atomic E-state index is 0.215. The van der Waals surface area contributed by atoms with Crippen LogP contribution in [0.3, 0.4) is 0 Å². The SMILES string of the molecule is CC1CN=C2C(N3CCN(C(=O)Cc4ccsc4)CC3)=NC=CN21. The molecule has 1 saturated heterocycles. The molecular weight excluding hydrogens is 322 g/mol. The minimum atomic E-state index is 0.215. The van der Waals surface area contributed by atoms with Crippen molar-refractivity contribution in [2.45, 2.75) is 19.4 Å². The molecular formula is C17H21N5OS. The molecule has 1 aromatic heterocycles. The molecule has 0 aromatic carbocycles. The number of hydrogen-bond donors (Lipinski definition) is 0. The van der Waals surface area contributed by atoms with Crippen molar-refractivity contribution < 1.29 is 4.79 Å². The van der Waals surface area contributed by atoms with Crippen LogP contribution in [-0.2, 0) is 11.2 Å². The normalized spacial score (nSPS) is 23.2. The number of carbonyl (C=O) groups excluding carboxylic acids is 1. The number of rotatable bonds is 2. The van der Waals surface area contributed by atoms with Gasteiger partial charge in [-0.3, -0.25) is 9.79 Å². The molecule has 3 aliphatic rings. The van der Waals surface area contributed by atoms with Crippen LogP contribution in [0.5, 0.6) is 0 Å². The summed E-state index contributed by atoms with van der Waals surface area (Å²) < 4.78 is 0. The molecule has 1 fully saturated rings. The Labute approximate surface area is 145 Å². The van der Waals surface area contributed by atoms with Gasteiger partial charge in [0.05, 0.1) is 19.0 Å². The first-order chi connectivity index (χ1) is 11.7. The smallest absolute Gasteiger partial charge is 0.227 e. The highest BCUT2D eigenvalue weighted by atomic mass is 32.1. The Morgan fingerprint density at radius 3 is 2.88 bits per heavy atom. The number of aliphatic imine (C=N–C) groups is 2. The number of hydrogen-bond acceptors (Lipinski definition) is 6. The summed E-state index contributed by atoms with van der Waals surface area (Å²) in [6.07, 6.45) is 4.36. The van der Waals surface area contributed by atoms with Gasteiger partial charge in [0.15, 0.2) is 11.7 Å². The third-order valence-electron chi connectivity index (χ3n) is 4.72. The fourth-order valence-corrected chi connectivity index (χ4v) is 3.97. The topological polar surface area (TPSA) is 51.5 Å². The van der Waals surface area contributed by atoms with E-state index in [1.54, 1.807) is 11.3 Å². The van der Waals surface area contributed by atoms with Gasteiger partial charge < -0.3 is 14.7 Å². The molecule has 126 valence electrons. The summed E-state index contributed by atoms with van der Waals surface area (Å²) in [4.78, 5) is 28.0. The van der Waals surface area contributed by atoms with Crippen molar-refractivity contribution in [2.75, 3.05) is 32.7 Å². The van der Waals surface area contributed by atoms with Gasteiger partial charge in [-0.2, -0.15) is 11.3 Å². The monoisotopic (exact) mass is 343 g/mol. The molecule has 4 rings (SSSR count). The fraction of sp³-hybridized carbons (Fsp3) is 0.471. The summed E-state index contributed by atoms with van der Waals surface area (Å²) >= 11 is 1.64. The Balaban J connectivity index is 1.37. The second kappa shape index (κ2) is 6.39. The molecule has 0 aliphatic carbocycles. The highest BCUT2D eigenvalue weighted by Gasteiger charge is 2.32. The number of amidine groups is 2. The van der Waals surface area contributed by atoms with Crippen LogP contribution in [0, 0.1) is 0 Å². The van der Waals surface area contributed by atoms with E-state index < -0.39 is 0 Å². The molecule has 1 aromatic rings. The van der Waals surface area contributed by atoms with Gasteiger partial charge >= 0.3 is 0 Å². The Morgan fingerprint density at radius 2 is 2.12 bits per heavy atom. The van der Waals surface area contributed by atoms with E-state index in [0.717, 1.165) is 50.0 Å². The summed E-state index contributed by atoms with van der Waals surface area (Å²) in [5.41, 5.74) is 1.11. The standard InChI is InChI=1S/C17H21N5OS/c1-13-11-19-17-16(18-3-4-22(13)17)21-7-5-20(6-8-21)15(23)10-14-2-9-24-12-14/h2-4,9,12-13H,5-8,10-11H2,1H3. The number of carbonyl (C=O) groups is 1. The molecule has 1 amide bonds. The van der Waals surface area contributed by atoms with Gasteiger partial charge in [0.2, 0.25) is 5.91 Å². The van der Waals surface area contributed by atoms with Crippen molar-refractivity contribution in [1.82, 2.24) is 14.7 Å². The van der Waals surface area contributed by atoms with Gasteiger partial charge in [-0.05, 0) is 29.3 Å². The molecule has 0 saturated carbocycles. The van der Waals surface area contributed by atoms with Crippen molar-refractivity contribution in [3.63, 3.8) is 0 Å². The van der Waals surface area contributed by atoms with E-state index in [4.69, 9.17) is 0 Å². The molecule has 4 heterocycles. The maximum Gasteiger partial charge on any atom is 0.227 e. The number of piperazine rings is 1. The molecule has 1 unspecified atom stereocenters. The highest BCUT2D eigenvalue weighted by molar-refractivity contribution is 7.08. The lowest BCUT2D eigenvalue weighted by Gasteiger charge is -2.38. The second-order valence-electron chi connectivity index (χ2n) is 6.35. The largest absolute Gasteiger partial charge is 0.350 e. The first-order valence-electron chi connectivity index (χ1n) is 8.34. The second-order valence-corrected chi connectivity index (χ2v) is 7.13. The highest BCUT2D eigenvalue weighted by Crippen LogP contribution is 2.18. The fourth-order valence-electron chi connectivity index (χ4n) is 3.30. The van der Waals surface area contributed by atoms with Crippen molar-refractivity contribution in [3.8, 4) is 0 Å². The third-order valence-corrected chi connectivity index (χ3v) is 5.45. The number of nitrogens with zero attached hydrogens (tertiary/aromatic N) is 5. The zero-order chi connectivity index (χ0) is 16.5. The number of amides is 1. The van der Waals surface area contributed by atoms with E-state index in [0.29, 0.717) is 12.5 Å². The molecule has 3 aliphatic heterocycles. The lowest BCUT2D eigenvalue weighted by Crippen LogP contribution is -2.54. The van der Waals surface area contributed by atoms with Crippen LogP contribution >= 0.6 is 11.3 Å². The lowest BCUT2D eigenvalue weighted by atomic mass is 10.2. The van der Waals surface area contributed by atoms with Gasteiger partial charge in [0, 0.05) is 38.6 Å². The molecule has 6 nitrogen and oxygen atoms in total. The summed E-state index contributed by atoms with van der Waals surface area (Å²) in [6.45, 7) is 6.10. The van der Waals surface area contributed by atoms with Crippen molar-refractivity contribution >= 4 is 28.9 Å². The molecule has 0 radical (unpaired) electrons. The van der Waals surface area contributed by atoms with Gasteiger partial charge in [-0.15, -0.1) is 0 Å². The van der Waals surface area contributed by atoms with Crippen molar-refractivity contribution in [2.24, 2.45) is 9.98 Å².